The molecule has 0 aliphatic carbocycles. The van der Waals surface area contributed by atoms with Gasteiger partial charge in [-0.15, -0.1) is 0 Å². The summed E-state index contributed by atoms with van der Waals surface area (Å²) in [6, 6.07) is 3.29. The molecule has 0 bridgehead atoms. The van der Waals surface area contributed by atoms with E-state index in [1.54, 1.807) is 39.8 Å². The second kappa shape index (κ2) is 6.52. The number of hydrogen-bond acceptors (Lipinski definition) is 5. The zero-order valence-electron chi connectivity index (χ0n) is 12.9. The number of hydrogen-bond donors (Lipinski definition) is 0. The van der Waals surface area contributed by atoms with Gasteiger partial charge in [0.2, 0.25) is 0 Å². The van der Waals surface area contributed by atoms with Gasteiger partial charge < -0.3 is 13.9 Å². The lowest BCUT2D eigenvalue weighted by atomic mass is 10.1. The topological polar surface area (TPSA) is 65.7 Å². The van der Waals surface area contributed by atoms with E-state index in [1.165, 1.54) is 0 Å². The first-order valence-electron chi connectivity index (χ1n) is 6.96. The van der Waals surface area contributed by atoms with E-state index in [4.69, 9.17) is 13.9 Å². The third-order valence-corrected chi connectivity index (χ3v) is 3.70. The first kappa shape index (κ1) is 16.5. The van der Waals surface area contributed by atoms with E-state index in [-0.39, 0.29) is 18.5 Å². The fourth-order valence-electron chi connectivity index (χ4n) is 1.98. The monoisotopic (exact) mass is 368 g/mol. The van der Waals surface area contributed by atoms with Crippen LogP contribution in [0.5, 0.6) is 5.75 Å². The van der Waals surface area contributed by atoms with Crippen molar-refractivity contribution in [3.05, 3.63) is 27.9 Å². The number of furan rings is 1. The van der Waals surface area contributed by atoms with Crippen molar-refractivity contribution in [3.8, 4) is 5.75 Å². The molecule has 1 heterocycles. The maximum atomic E-state index is 12.1. The van der Waals surface area contributed by atoms with E-state index in [0.29, 0.717) is 32.5 Å². The van der Waals surface area contributed by atoms with Gasteiger partial charge in [-0.3, -0.25) is 4.79 Å². The fourth-order valence-corrected chi connectivity index (χ4v) is 2.39. The normalized spacial score (nSPS) is 11.0. The Balaban J connectivity index is 2.53. The van der Waals surface area contributed by atoms with Crippen LogP contribution in [0.3, 0.4) is 0 Å². The molecule has 2 rings (SSSR count). The van der Waals surface area contributed by atoms with Crippen LogP contribution in [-0.2, 0) is 9.53 Å². The molecule has 0 unspecified atom stereocenters. The molecule has 0 aliphatic rings. The Morgan fingerprint density at radius 3 is 2.59 bits per heavy atom. The lowest BCUT2D eigenvalue weighted by Gasteiger charge is -2.08. The summed E-state index contributed by atoms with van der Waals surface area (Å²) in [5.74, 6) is -0.247. The SMILES string of the molecule is CCOC(=O)c1c(C)oc2cc(Br)c(OC(=O)C(C)C)cc12. The minimum atomic E-state index is -0.456. The standard InChI is InChI=1S/C16H17BrO5/c1-5-20-16(19)14-9(4)21-12-7-11(17)13(6-10(12)14)22-15(18)8(2)3/h6-8H,5H2,1-4H3. The van der Waals surface area contributed by atoms with Gasteiger partial charge >= 0.3 is 11.9 Å². The quantitative estimate of drug-likeness (QED) is 0.596. The van der Waals surface area contributed by atoms with Crippen LogP contribution < -0.4 is 4.74 Å². The average Bonchev–Trinajstić information content (AvgIpc) is 2.74. The largest absolute Gasteiger partial charge is 0.462 e. The Labute approximate surface area is 136 Å². The van der Waals surface area contributed by atoms with Crippen molar-refractivity contribution in [2.45, 2.75) is 27.7 Å². The summed E-state index contributed by atoms with van der Waals surface area (Å²) in [7, 11) is 0. The molecule has 22 heavy (non-hydrogen) atoms. The number of carbonyl (C=O) groups is 2. The number of halogens is 1. The van der Waals surface area contributed by atoms with Gasteiger partial charge in [0.05, 0.1) is 17.0 Å². The number of benzene rings is 1. The average molecular weight is 369 g/mol. The molecule has 0 atom stereocenters. The van der Waals surface area contributed by atoms with Crippen LogP contribution in [0.25, 0.3) is 11.0 Å². The van der Waals surface area contributed by atoms with Crippen molar-refractivity contribution < 1.29 is 23.5 Å². The smallest absolute Gasteiger partial charge is 0.342 e. The van der Waals surface area contributed by atoms with Gasteiger partial charge in [-0.2, -0.15) is 0 Å². The second-order valence-corrected chi connectivity index (χ2v) is 5.96. The number of rotatable bonds is 4. The van der Waals surface area contributed by atoms with Gasteiger partial charge in [0, 0.05) is 5.39 Å². The van der Waals surface area contributed by atoms with Crippen LogP contribution in [-0.4, -0.2) is 18.5 Å². The molecule has 0 saturated carbocycles. The van der Waals surface area contributed by atoms with Crippen LogP contribution >= 0.6 is 15.9 Å². The fraction of sp³-hybridized carbons (Fsp3) is 0.375. The molecular weight excluding hydrogens is 352 g/mol. The highest BCUT2D eigenvalue weighted by molar-refractivity contribution is 9.10. The van der Waals surface area contributed by atoms with Gasteiger partial charge in [-0.05, 0) is 41.9 Å². The third-order valence-electron chi connectivity index (χ3n) is 3.08. The summed E-state index contributed by atoms with van der Waals surface area (Å²) < 4.78 is 16.6. The number of fused-ring (bicyclic) bond motifs is 1. The minimum absolute atomic E-state index is 0.252. The zero-order valence-corrected chi connectivity index (χ0v) is 14.4. The van der Waals surface area contributed by atoms with Crippen molar-refractivity contribution in [2.24, 2.45) is 5.92 Å². The summed E-state index contributed by atoms with van der Waals surface area (Å²) in [5, 5.41) is 0.561. The molecule has 1 aromatic carbocycles. The first-order valence-corrected chi connectivity index (χ1v) is 7.75. The van der Waals surface area contributed by atoms with E-state index in [9.17, 15) is 9.59 Å². The maximum Gasteiger partial charge on any atom is 0.342 e. The van der Waals surface area contributed by atoms with Crippen molar-refractivity contribution in [1.82, 2.24) is 0 Å². The van der Waals surface area contributed by atoms with Crippen LogP contribution in [0.1, 0.15) is 36.9 Å². The summed E-state index contributed by atoms with van der Waals surface area (Å²) in [5.41, 5.74) is 0.878. The maximum absolute atomic E-state index is 12.1. The van der Waals surface area contributed by atoms with Crippen LogP contribution in [0.4, 0.5) is 0 Å². The number of carbonyl (C=O) groups excluding carboxylic acids is 2. The highest BCUT2D eigenvalue weighted by Gasteiger charge is 2.22. The van der Waals surface area contributed by atoms with Crippen LogP contribution in [0.15, 0.2) is 21.0 Å². The Hall–Kier alpha value is -1.82. The van der Waals surface area contributed by atoms with Gasteiger partial charge in [0.25, 0.3) is 0 Å². The molecular formula is C16H17BrO5. The molecule has 0 N–H and O–H groups in total. The summed E-state index contributed by atoms with van der Waals surface area (Å²) >= 11 is 3.34. The Morgan fingerprint density at radius 2 is 2.00 bits per heavy atom. The van der Waals surface area contributed by atoms with Gasteiger partial charge in [-0.25, -0.2) is 4.79 Å². The molecule has 5 nitrogen and oxygen atoms in total. The summed E-state index contributed by atoms with van der Waals surface area (Å²) in [6.45, 7) is 7.21. The summed E-state index contributed by atoms with van der Waals surface area (Å²) in [4.78, 5) is 23.8. The van der Waals surface area contributed by atoms with Crippen molar-refractivity contribution in [2.75, 3.05) is 6.61 Å². The molecule has 2 aromatic rings. The van der Waals surface area contributed by atoms with E-state index in [1.807, 2.05) is 0 Å². The third kappa shape index (κ3) is 3.16. The van der Waals surface area contributed by atoms with E-state index in [0.717, 1.165) is 0 Å². The Bertz CT molecular complexity index is 730. The molecule has 0 saturated heterocycles. The minimum Gasteiger partial charge on any atom is -0.462 e. The summed E-state index contributed by atoms with van der Waals surface area (Å²) in [6.07, 6.45) is 0. The van der Waals surface area contributed by atoms with Crippen LogP contribution in [0, 0.1) is 12.8 Å². The molecule has 0 radical (unpaired) electrons. The van der Waals surface area contributed by atoms with Crippen molar-refractivity contribution >= 4 is 38.8 Å². The van der Waals surface area contributed by atoms with Gasteiger partial charge in [0.15, 0.2) is 0 Å². The highest BCUT2D eigenvalue weighted by atomic mass is 79.9. The molecule has 6 heteroatoms. The van der Waals surface area contributed by atoms with E-state index >= 15 is 0 Å². The number of aryl methyl sites for hydroxylation is 1. The number of esters is 2. The first-order chi connectivity index (χ1) is 10.3. The predicted octanol–water partition coefficient (Wildman–Crippen LogP) is 4.24. The lowest BCUT2D eigenvalue weighted by molar-refractivity contribution is -0.137. The van der Waals surface area contributed by atoms with E-state index in [2.05, 4.69) is 15.9 Å². The van der Waals surface area contributed by atoms with Gasteiger partial charge in [0.1, 0.15) is 22.7 Å². The van der Waals surface area contributed by atoms with Crippen molar-refractivity contribution in [3.63, 3.8) is 0 Å². The Morgan fingerprint density at radius 1 is 1.32 bits per heavy atom. The molecule has 0 spiro atoms. The second-order valence-electron chi connectivity index (χ2n) is 5.11. The lowest BCUT2D eigenvalue weighted by Crippen LogP contribution is -2.15. The molecule has 118 valence electrons. The zero-order chi connectivity index (χ0) is 16.4. The molecule has 1 aromatic heterocycles. The Kier molecular flexibility index (Phi) is 4.90. The van der Waals surface area contributed by atoms with Crippen LogP contribution in [0.2, 0.25) is 0 Å². The van der Waals surface area contributed by atoms with Crippen molar-refractivity contribution in [1.29, 1.82) is 0 Å². The highest BCUT2D eigenvalue weighted by Crippen LogP contribution is 2.35. The van der Waals surface area contributed by atoms with Gasteiger partial charge in [-0.1, -0.05) is 13.8 Å². The molecule has 0 aliphatic heterocycles. The molecule has 0 amide bonds. The number of ether oxygens (including phenoxy) is 2. The van der Waals surface area contributed by atoms with E-state index < -0.39 is 5.97 Å². The predicted molar refractivity (Wildman–Crippen MR) is 85.1 cm³/mol. The molecule has 0 fully saturated rings.